The van der Waals surface area contributed by atoms with Crippen LogP contribution in [0.15, 0.2) is 53.3 Å². The smallest absolute Gasteiger partial charge is 0.257 e. The quantitative estimate of drug-likeness (QED) is 0.717. The van der Waals surface area contributed by atoms with E-state index in [0.29, 0.717) is 31.8 Å². The number of amides is 2. The minimum absolute atomic E-state index is 0.0710. The third kappa shape index (κ3) is 6.43. The van der Waals surface area contributed by atoms with Gasteiger partial charge in [-0.3, -0.25) is 9.59 Å². The Kier molecular flexibility index (Phi) is 7.72. The molecule has 25 heavy (non-hydrogen) atoms. The van der Waals surface area contributed by atoms with Gasteiger partial charge >= 0.3 is 0 Å². The summed E-state index contributed by atoms with van der Waals surface area (Å²) in [6, 6.07) is 11.6. The zero-order valence-corrected chi connectivity index (χ0v) is 14.4. The molecule has 1 N–H and O–H groups in total. The van der Waals surface area contributed by atoms with E-state index in [4.69, 9.17) is 9.15 Å². The van der Waals surface area contributed by atoms with Crippen LogP contribution in [-0.2, 0) is 16.0 Å². The summed E-state index contributed by atoms with van der Waals surface area (Å²) in [7, 11) is 1.58. The monoisotopic (exact) mass is 344 g/mol. The molecule has 0 radical (unpaired) electrons. The Bertz CT molecular complexity index is 641. The van der Waals surface area contributed by atoms with Crippen LogP contribution < -0.4 is 5.32 Å². The van der Waals surface area contributed by atoms with Crippen LogP contribution in [0.25, 0.3) is 0 Å². The summed E-state index contributed by atoms with van der Waals surface area (Å²) in [5.74, 6) is -0.235. The van der Waals surface area contributed by atoms with Gasteiger partial charge in [0.25, 0.3) is 5.91 Å². The van der Waals surface area contributed by atoms with Crippen molar-refractivity contribution in [1.82, 2.24) is 10.2 Å². The number of benzene rings is 1. The zero-order chi connectivity index (χ0) is 17.9. The molecule has 0 unspecified atom stereocenters. The number of ether oxygens (including phenoxy) is 1. The Morgan fingerprint density at radius 3 is 2.64 bits per heavy atom. The third-order valence-electron chi connectivity index (χ3n) is 3.81. The van der Waals surface area contributed by atoms with Gasteiger partial charge in [0.05, 0.1) is 18.4 Å². The zero-order valence-electron chi connectivity index (χ0n) is 14.4. The molecule has 0 fully saturated rings. The molecule has 134 valence electrons. The fourth-order valence-electron chi connectivity index (χ4n) is 2.40. The summed E-state index contributed by atoms with van der Waals surface area (Å²) >= 11 is 0. The van der Waals surface area contributed by atoms with Gasteiger partial charge in [-0.25, -0.2) is 0 Å². The second kappa shape index (κ2) is 10.3. The molecule has 6 nitrogen and oxygen atoms in total. The Hall–Kier alpha value is -2.60. The highest BCUT2D eigenvalue weighted by Gasteiger charge is 2.17. The molecule has 0 spiro atoms. The molecule has 0 atom stereocenters. The molecule has 0 aliphatic carbocycles. The number of carbonyl (C=O) groups is 2. The van der Waals surface area contributed by atoms with Crippen molar-refractivity contribution in [2.45, 2.75) is 12.8 Å². The molecule has 2 rings (SSSR count). The van der Waals surface area contributed by atoms with Crippen LogP contribution in [0.3, 0.4) is 0 Å². The van der Waals surface area contributed by atoms with Crippen molar-refractivity contribution in [2.24, 2.45) is 0 Å². The van der Waals surface area contributed by atoms with Gasteiger partial charge in [0.1, 0.15) is 6.26 Å². The van der Waals surface area contributed by atoms with E-state index in [-0.39, 0.29) is 18.2 Å². The molecule has 6 heteroatoms. The van der Waals surface area contributed by atoms with Gasteiger partial charge in [0, 0.05) is 33.2 Å². The van der Waals surface area contributed by atoms with Gasteiger partial charge in [0.15, 0.2) is 0 Å². The minimum atomic E-state index is -0.164. The second-order valence-electron chi connectivity index (χ2n) is 5.63. The molecule has 0 saturated carbocycles. The van der Waals surface area contributed by atoms with Crippen molar-refractivity contribution in [1.29, 1.82) is 0 Å². The Labute approximate surface area is 147 Å². The maximum absolute atomic E-state index is 12.4. The highest BCUT2D eigenvalue weighted by Crippen LogP contribution is 2.06. The van der Waals surface area contributed by atoms with Gasteiger partial charge in [0.2, 0.25) is 5.91 Å². The summed E-state index contributed by atoms with van der Waals surface area (Å²) in [5.41, 5.74) is 1.65. The van der Waals surface area contributed by atoms with E-state index in [1.54, 1.807) is 18.1 Å². The van der Waals surface area contributed by atoms with Gasteiger partial charge in [-0.15, -0.1) is 0 Å². The fraction of sp³-hybridized carbons (Fsp3) is 0.368. The second-order valence-corrected chi connectivity index (χ2v) is 5.63. The Morgan fingerprint density at radius 2 is 1.96 bits per heavy atom. The predicted molar refractivity (Wildman–Crippen MR) is 94.3 cm³/mol. The maximum atomic E-state index is 12.4. The number of nitrogens with zero attached hydrogens (tertiary/aromatic N) is 1. The van der Waals surface area contributed by atoms with E-state index < -0.39 is 0 Å². The van der Waals surface area contributed by atoms with Crippen LogP contribution in [0.4, 0.5) is 0 Å². The first kappa shape index (κ1) is 18.7. The van der Waals surface area contributed by atoms with Crippen molar-refractivity contribution in [3.63, 3.8) is 0 Å². The normalized spacial score (nSPS) is 10.4. The summed E-state index contributed by atoms with van der Waals surface area (Å²) in [6.07, 6.45) is 3.90. The summed E-state index contributed by atoms with van der Waals surface area (Å²) in [5, 5.41) is 2.89. The van der Waals surface area contributed by atoms with Gasteiger partial charge < -0.3 is 19.4 Å². The minimum Gasteiger partial charge on any atom is -0.472 e. The summed E-state index contributed by atoms with van der Waals surface area (Å²) in [6.45, 7) is 1.76. The first-order valence-corrected chi connectivity index (χ1v) is 8.31. The number of nitrogens with one attached hydrogen (secondary N) is 1. The molecular formula is C19H24N2O4. The van der Waals surface area contributed by atoms with Crippen LogP contribution in [0.5, 0.6) is 0 Å². The molecule has 0 bridgehead atoms. The van der Waals surface area contributed by atoms with Crippen LogP contribution in [0, 0.1) is 0 Å². The Balaban J connectivity index is 1.76. The van der Waals surface area contributed by atoms with E-state index >= 15 is 0 Å². The number of rotatable bonds is 10. The van der Waals surface area contributed by atoms with Crippen LogP contribution in [0.1, 0.15) is 22.3 Å². The number of furan rings is 1. The standard InChI is InChI=1S/C19H24N2O4/c1-24-14-12-21(19(23)17-9-13-25-15-17)11-8-18(22)20-10-7-16-5-3-2-4-6-16/h2-6,9,13,15H,7-8,10-12,14H2,1H3,(H,20,22). The molecule has 1 aromatic carbocycles. The van der Waals surface area contributed by atoms with Crippen molar-refractivity contribution in [3.05, 3.63) is 60.1 Å². The largest absolute Gasteiger partial charge is 0.472 e. The maximum Gasteiger partial charge on any atom is 0.257 e. The SMILES string of the molecule is COCCN(CCC(=O)NCCc1ccccc1)C(=O)c1ccoc1. The van der Waals surface area contributed by atoms with Crippen molar-refractivity contribution >= 4 is 11.8 Å². The average Bonchev–Trinajstić information content (AvgIpc) is 3.17. The lowest BCUT2D eigenvalue weighted by Crippen LogP contribution is -2.37. The van der Waals surface area contributed by atoms with Crippen LogP contribution in [-0.4, -0.2) is 50.1 Å². The number of hydrogen-bond acceptors (Lipinski definition) is 4. The first-order valence-electron chi connectivity index (χ1n) is 8.31. The van der Waals surface area contributed by atoms with E-state index in [1.807, 2.05) is 30.3 Å². The Morgan fingerprint density at radius 1 is 1.16 bits per heavy atom. The molecule has 1 aromatic heterocycles. The van der Waals surface area contributed by atoms with Crippen molar-refractivity contribution < 1.29 is 18.7 Å². The lowest BCUT2D eigenvalue weighted by atomic mass is 10.1. The highest BCUT2D eigenvalue weighted by molar-refractivity contribution is 5.94. The lowest BCUT2D eigenvalue weighted by molar-refractivity contribution is -0.121. The lowest BCUT2D eigenvalue weighted by Gasteiger charge is -2.21. The van der Waals surface area contributed by atoms with E-state index in [2.05, 4.69) is 5.32 Å². The molecule has 0 saturated heterocycles. The van der Waals surface area contributed by atoms with Gasteiger partial charge in [-0.2, -0.15) is 0 Å². The molecule has 2 amide bonds. The molecule has 1 heterocycles. The van der Waals surface area contributed by atoms with Crippen LogP contribution >= 0.6 is 0 Å². The van der Waals surface area contributed by atoms with Crippen molar-refractivity contribution in [3.8, 4) is 0 Å². The molecule has 0 aliphatic heterocycles. The molecular weight excluding hydrogens is 320 g/mol. The van der Waals surface area contributed by atoms with Gasteiger partial charge in [-0.05, 0) is 18.1 Å². The molecule has 2 aromatic rings. The topological polar surface area (TPSA) is 71.8 Å². The number of carbonyl (C=O) groups excluding carboxylic acids is 2. The summed E-state index contributed by atoms with van der Waals surface area (Å²) in [4.78, 5) is 26.0. The van der Waals surface area contributed by atoms with E-state index in [9.17, 15) is 9.59 Å². The number of hydrogen-bond donors (Lipinski definition) is 1. The van der Waals surface area contributed by atoms with Crippen LogP contribution in [0.2, 0.25) is 0 Å². The first-order chi connectivity index (χ1) is 12.2. The van der Waals surface area contributed by atoms with Gasteiger partial charge in [-0.1, -0.05) is 30.3 Å². The summed E-state index contributed by atoms with van der Waals surface area (Å²) < 4.78 is 10.00. The molecule has 0 aliphatic rings. The highest BCUT2D eigenvalue weighted by atomic mass is 16.5. The number of methoxy groups -OCH3 is 1. The predicted octanol–water partition coefficient (Wildman–Crippen LogP) is 2.12. The van der Waals surface area contributed by atoms with E-state index in [1.165, 1.54) is 18.1 Å². The van der Waals surface area contributed by atoms with E-state index in [0.717, 1.165) is 6.42 Å². The third-order valence-corrected chi connectivity index (χ3v) is 3.81. The van der Waals surface area contributed by atoms with Crippen molar-refractivity contribution in [2.75, 3.05) is 33.4 Å². The fourth-order valence-corrected chi connectivity index (χ4v) is 2.40. The average molecular weight is 344 g/mol.